The van der Waals surface area contributed by atoms with Gasteiger partial charge < -0.3 is 9.80 Å². The minimum Gasteiger partial charge on any atom is -0.342 e. The summed E-state index contributed by atoms with van der Waals surface area (Å²) in [6.07, 6.45) is 7.67. The van der Waals surface area contributed by atoms with E-state index in [-0.39, 0.29) is 11.8 Å². The van der Waals surface area contributed by atoms with Crippen molar-refractivity contribution in [3.05, 3.63) is 63.6 Å². The van der Waals surface area contributed by atoms with Crippen LogP contribution in [0.25, 0.3) is 10.8 Å². The van der Waals surface area contributed by atoms with Crippen molar-refractivity contribution >= 4 is 33.9 Å². The van der Waals surface area contributed by atoms with Gasteiger partial charge in [0, 0.05) is 43.4 Å². The smallest absolute Gasteiger partial charge is 0.273 e. The number of piperidine rings is 1. The first-order valence-corrected chi connectivity index (χ1v) is 13.6. The highest BCUT2D eigenvalue weighted by Gasteiger charge is 2.31. The summed E-state index contributed by atoms with van der Waals surface area (Å²) in [7, 11) is 0. The van der Waals surface area contributed by atoms with E-state index in [1.54, 1.807) is 11.3 Å². The van der Waals surface area contributed by atoms with Gasteiger partial charge in [-0.25, -0.2) is 4.98 Å². The summed E-state index contributed by atoms with van der Waals surface area (Å²) >= 11 is 1.60. The first-order chi connectivity index (χ1) is 16.7. The molecular formula is C28H31N3O2S. The Balaban J connectivity index is 1.11. The monoisotopic (exact) mass is 473 g/mol. The molecule has 0 unspecified atom stereocenters. The lowest BCUT2D eigenvalue weighted by atomic mass is 9.87. The van der Waals surface area contributed by atoms with Crippen LogP contribution in [0, 0.1) is 5.92 Å². The first-order valence-electron chi connectivity index (χ1n) is 12.7. The van der Waals surface area contributed by atoms with Gasteiger partial charge in [0.05, 0.1) is 5.01 Å². The third-order valence-corrected chi connectivity index (χ3v) is 8.95. The number of aromatic nitrogens is 1. The zero-order valence-electron chi connectivity index (χ0n) is 19.5. The van der Waals surface area contributed by atoms with Crippen molar-refractivity contribution in [2.45, 2.75) is 64.0 Å². The number of nitrogens with zero attached hydrogens (tertiary/aromatic N) is 3. The van der Waals surface area contributed by atoms with Gasteiger partial charge in [-0.15, -0.1) is 11.3 Å². The Morgan fingerprint density at radius 2 is 1.53 bits per heavy atom. The Morgan fingerprint density at radius 3 is 2.21 bits per heavy atom. The summed E-state index contributed by atoms with van der Waals surface area (Å²) < 4.78 is 0. The molecule has 2 aromatic carbocycles. The number of hydrogen-bond acceptors (Lipinski definition) is 4. The summed E-state index contributed by atoms with van der Waals surface area (Å²) in [4.78, 5) is 35.0. The second kappa shape index (κ2) is 9.14. The largest absolute Gasteiger partial charge is 0.342 e. The van der Waals surface area contributed by atoms with E-state index in [0.29, 0.717) is 30.6 Å². The van der Waals surface area contributed by atoms with E-state index in [2.05, 4.69) is 41.3 Å². The van der Waals surface area contributed by atoms with E-state index in [9.17, 15) is 9.59 Å². The maximum atomic E-state index is 13.4. The molecule has 1 aromatic heterocycles. The molecule has 6 rings (SSSR count). The average Bonchev–Trinajstić information content (AvgIpc) is 3.39. The maximum absolute atomic E-state index is 13.4. The summed E-state index contributed by atoms with van der Waals surface area (Å²) in [6, 6.07) is 12.7. The standard InChI is InChI=1S/C28H31N3O2S/c32-27(21-6-2-1-3-7-21)30-14-12-20(13-15-30)26-29-24(18-34-26)28(33)31-16-22-10-4-8-19-9-5-11-23(17-31)25(19)22/h4-5,8-11,18,20-21H,1-3,6-7,12-17H2. The van der Waals surface area contributed by atoms with Crippen LogP contribution in [0.1, 0.15) is 77.5 Å². The number of amides is 2. The number of rotatable bonds is 3. The molecule has 0 bridgehead atoms. The fraction of sp³-hybridized carbons (Fsp3) is 0.464. The minimum atomic E-state index is 0.0129. The molecule has 5 nitrogen and oxygen atoms in total. The van der Waals surface area contributed by atoms with Crippen molar-refractivity contribution in [3.8, 4) is 0 Å². The summed E-state index contributed by atoms with van der Waals surface area (Å²) in [5, 5.41) is 5.51. The van der Waals surface area contributed by atoms with E-state index >= 15 is 0 Å². The number of benzene rings is 2. The number of carbonyl (C=O) groups is 2. The Hall–Kier alpha value is -2.73. The van der Waals surface area contributed by atoms with Gasteiger partial charge >= 0.3 is 0 Å². The molecule has 3 aliphatic rings. The zero-order chi connectivity index (χ0) is 23.1. The van der Waals surface area contributed by atoms with E-state index < -0.39 is 0 Å². The molecule has 1 saturated heterocycles. The lowest BCUT2D eigenvalue weighted by molar-refractivity contribution is -0.137. The summed E-state index contributed by atoms with van der Waals surface area (Å²) in [5.74, 6) is 0.972. The third kappa shape index (κ3) is 4.02. The van der Waals surface area contributed by atoms with E-state index in [1.165, 1.54) is 41.2 Å². The van der Waals surface area contributed by atoms with Crippen molar-refractivity contribution in [1.29, 1.82) is 0 Å². The topological polar surface area (TPSA) is 53.5 Å². The molecule has 3 aromatic rings. The molecule has 34 heavy (non-hydrogen) atoms. The Bertz CT molecular complexity index is 1180. The molecule has 2 amide bonds. The van der Waals surface area contributed by atoms with E-state index in [1.807, 2.05) is 10.3 Å². The molecule has 3 heterocycles. The Kier molecular flexibility index (Phi) is 5.85. The van der Waals surface area contributed by atoms with Crippen LogP contribution in [0.3, 0.4) is 0 Å². The number of thiazole rings is 1. The lowest BCUT2D eigenvalue weighted by Gasteiger charge is -2.34. The quantitative estimate of drug-likeness (QED) is 0.488. The van der Waals surface area contributed by atoms with Crippen LogP contribution in [0.2, 0.25) is 0 Å². The molecular weight excluding hydrogens is 442 g/mol. The molecule has 2 aliphatic heterocycles. The third-order valence-electron chi connectivity index (χ3n) is 7.94. The molecule has 0 radical (unpaired) electrons. The van der Waals surface area contributed by atoms with Gasteiger partial charge in [-0.3, -0.25) is 9.59 Å². The SMILES string of the molecule is O=C(c1csc(C2CCN(C(=O)C3CCCCC3)CC2)n1)N1Cc2cccc3cccc(c23)C1. The lowest BCUT2D eigenvalue weighted by Crippen LogP contribution is -2.41. The van der Waals surface area contributed by atoms with Crippen molar-refractivity contribution in [1.82, 2.24) is 14.8 Å². The van der Waals surface area contributed by atoms with Crippen LogP contribution >= 0.6 is 11.3 Å². The average molecular weight is 474 g/mol. The van der Waals surface area contributed by atoms with Crippen molar-refractivity contribution < 1.29 is 9.59 Å². The number of likely N-dealkylation sites (tertiary alicyclic amines) is 1. The molecule has 176 valence electrons. The van der Waals surface area contributed by atoms with Crippen LogP contribution in [-0.2, 0) is 17.9 Å². The minimum absolute atomic E-state index is 0.0129. The van der Waals surface area contributed by atoms with Crippen molar-refractivity contribution in [3.63, 3.8) is 0 Å². The Morgan fingerprint density at radius 1 is 0.853 bits per heavy atom. The van der Waals surface area contributed by atoms with Gasteiger partial charge in [-0.1, -0.05) is 55.7 Å². The van der Waals surface area contributed by atoms with Gasteiger partial charge in [0.2, 0.25) is 5.91 Å². The van der Waals surface area contributed by atoms with Gasteiger partial charge in [0.1, 0.15) is 5.69 Å². The van der Waals surface area contributed by atoms with Crippen LogP contribution in [0.5, 0.6) is 0 Å². The van der Waals surface area contributed by atoms with Gasteiger partial charge in [-0.05, 0) is 47.6 Å². The molecule has 2 fully saturated rings. The number of carbonyl (C=O) groups excluding carboxylic acids is 2. The van der Waals surface area contributed by atoms with Crippen LogP contribution < -0.4 is 0 Å². The Labute approximate surface area is 204 Å². The van der Waals surface area contributed by atoms with E-state index in [0.717, 1.165) is 43.8 Å². The van der Waals surface area contributed by atoms with Gasteiger partial charge in [-0.2, -0.15) is 0 Å². The predicted molar refractivity (Wildman–Crippen MR) is 135 cm³/mol. The fourth-order valence-corrected chi connectivity index (χ4v) is 7.03. The van der Waals surface area contributed by atoms with Gasteiger partial charge in [0.15, 0.2) is 0 Å². The fourth-order valence-electron chi connectivity index (χ4n) is 6.07. The maximum Gasteiger partial charge on any atom is 0.273 e. The summed E-state index contributed by atoms with van der Waals surface area (Å²) in [5.41, 5.74) is 2.98. The molecule has 0 spiro atoms. The van der Waals surface area contributed by atoms with Crippen molar-refractivity contribution in [2.75, 3.05) is 13.1 Å². The highest BCUT2D eigenvalue weighted by molar-refractivity contribution is 7.09. The predicted octanol–water partition coefficient (Wildman–Crippen LogP) is 5.74. The zero-order valence-corrected chi connectivity index (χ0v) is 20.4. The molecule has 0 atom stereocenters. The highest BCUT2D eigenvalue weighted by Crippen LogP contribution is 2.34. The second-order valence-corrected chi connectivity index (χ2v) is 11.0. The number of hydrogen-bond donors (Lipinski definition) is 0. The highest BCUT2D eigenvalue weighted by atomic mass is 32.1. The summed E-state index contributed by atoms with van der Waals surface area (Å²) in [6.45, 7) is 2.88. The van der Waals surface area contributed by atoms with Gasteiger partial charge in [0.25, 0.3) is 5.91 Å². The molecule has 6 heteroatoms. The normalized spacial score (nSPS) is 19.5. The molecule has 1 saturated carbocycles. The van der Waals surface area contributed by atoms with E-state index in [4.69, 9.17) is 4.98 Å². The van der Waals surface area contributed by atoms with Crippen LogP contribution in [0.15, 0.2) is 41.8 Å². The van der Waals surface area contributed by atoms with Crippen LogP contribution in [0.4, 0.5) is 0 Å². The molecule has 1 aliphatic carbocycles. The van der Waals surface area contributed by atoms with Crippen LogP contribution in [-0.4, -0.2) is 39.7 Å². The molecule has 0 N–H and O–H groups in total. The second-order valence-electron chi connectivity index (χ2n) is 10.1. The first kappa shape index (κ1) is 21.8. The van der Waals surface area contributed by atoms with Crippen molar-refractivity contribution in [2.24, 2.45) is 5.92 Å².